The third-order valence-electron chi connectivity index (χ3n) is 2.11. The van der Waals surface area contributed by atoms with E-state index >= 15 is 0 Å². The van der Waals surface area contributed by atoms with Gasteiger partial charge in [-0.3, -0.25) is 0 Å². The third kappa shape index (κ3) is 2.18. The highest BCUT2D eigenvalue weighted by Crippen LogP contribution is 2.23. The molecule has 0 N–H and O–H groups in total. The molecule has 0 spiro atoms. The van der Waals surface area contributed by atoms with Gasteiger partial charge in [0.05, 0.1) is 0 Å². The van der Waals surface area contributed by atoms with Crippen LogP contribution in [0.4, 0.5) is 8.78 Å². The van der Waals surface area contributed by atoms with Gasteiger partial charge in [0.1, 0.15) is 11.6 Å². The third-order valence-corrected chi connectivity index (χ3v) is 2.47. The molecule has 0 saturated heterocycles. The molecule has 0 fully saturated rings. The highest BCUT2D eigenvalue weighted by Gasteiger charge is 2.03. The number of hydrogen-bond donors (Lipinski definition) is 1. The molecule has 0 saturated carbocycles. The van der Waals surface area contributed by atoms with Crippen molar-refractivity contribution < 1.29 is 8.78 Å². The lowest BCUT2D eigenvalue weighted by atomic mass is 10.1. The SMILES string of the molecule is Fc1cccc(-c2ccc(S)c(F)c2)c1. The van der Waals surface area contributed by atoms with Crippen molar-refractivity contribution >= 4 is 12.6 Å². The highest BCUT2D eigenvalue weighted by atomic mass is 32.1. The van der Waals surface area contributed by atoms with Crippen molar-refractivity contribution in [2.75, 3.05) is 0 Å². The van der Waals surface area contributed by atoms with Crippen LogP contribution in [0.25, 0.3) is 11.1 Å². The summed E-state index contributed by atoms with van der Waals surface area (Å²) in [5, 5.41) is 0. The predicted molar refractivity (Wildman–Crippen MR) is 59.0 cm³/mol. The van der Waals surface area contributed by atoms with Gasteiger partial charge in [0.15, 0.2) is 0 Å². The van der Waals surface area contributed by atoms with Crippen LogP contribution in [-0.4, -0.2) is 0 Å². The Morgan fingerprint density at radius 1 is 0.867 bits per heavy atom. The van der Waals surface area contributed by atoms with Gasteiger partial charge in [0.2, 0.25) is 0 Å². The van der Waals surface area contributed by atoms with Crippen molar-refractivity contribution in [2.24, 2.45) is 0 Å². The highest BCUT2D eigenvalue weighted by molar-refractivity contribution is 7.80. The zero-order chi connectivity index (χ0) is 10.8. The van der Waals surface area contributed by atoms with Crippen molar-refractivity contribution in [1.82, 2.24) is 0 Å². The molecule has 0 aliphatic rings. The first-order valence-corrected chi connectivity index (χ1v) is 4.86. The lowest BCUT2D eigenvalue weighted by Gasteiger charge is -2.03. The lowest BCUT2D eigenvalue weighted by molar-refractivity contribution is 0.603. The maximum Gasteiger partial charge on any atom is 0.137 e. The summed E-state index contributed by atoms with van der Waals surface area (Å²) >= 11 is 3.93. The number of hydrogen-bond acceptors (Lipinski definition) is 1. The molecular formula is C12H8F2S. The molecule has 3 heteroatoms. The van der Waals surface area contributed by atoms with Gasteiger partial charge in [-0.15, -0.1) is 12.6 Å². The Kier molecular flexibility index (Phi) is 2.73. The summed E-state index contributed by atoms with van der Waals surface area (Å²) in [6.45, 7) is 0. The van der Waals surface area contributed by atoms with E-state index < -0.39 is 5.82 Å². The average molecular weight is 222 g/mol. The summed E-state index contributed by atoms with van der Waals surface area (Å²) in [6.07, 6.45) is 0. The van der Waals surface area contributed by atoms with Crippen LogP contribution in [0.1, 0.15) is 0 Å². The minimum Gasteiger partial charge on any atom is -0.207 e. The van der Waals surface area contributed by atoms with Gasteiger partial charge in [-0.05, 0) is 35.4 Å². The smallest absolute Gasteiger partial charge is 0.137 e. The van der Waals surface area contributed by atoms with Gasteiger partial charge in [-0.2, -0.15) is 0 Å². The average Bonchev–Trinajstić information content (AvgIpc) is 2.22. The fourth-order valence-corrected chi connectivity index (χ4v) is 1.49. The minimum atomic E-state index is -0.403. The normalized spacial score (nSPS) is 10.3. The molecule has 0 atom stereocenters. The van der Waals surface area contributed by atoms with Gasteiger partial charge in [-0.25, -0.2) is 8.78 Å². The van der Waals surface area contributed by atoms with Gasteiger partial charge < -0.3 is 0 Å². The second-order valence-corrected chi connectivity index (χ2v) is 3.66. The Morgan fingerprint density at radius 2 is 1.60 bits per heavy atom. The van der Waals surface area contributed by atoms with Crippen molar-refractivity contribution in [3.8, 4) is 11.1 Å². The van der Waals surface area contributed by atoms with Crippen molar-refractivity contribution in [1.29, 1.82) is 0 Å². The number of halogens is 2. The maximum atomic E-state index is 13.2. The van der Waals surface area contributed by atoms with Crippen LogP contribution in [0.5, 0.6) is 0 Å². The maximum absolute atomic E-state index is 13.2. The molecule has 0 radical (unpaired) electrons. The number of rotatable bonds is 1. The first kappa shape index (κ1) is 10.2. The van der Waals surface area contributed by atoms with E-state index in [-0.39, 0.29) is 10.7 Å². The molecular weight excluding hydrogens is 214 g/mol. The van der Waals surface area contributed by atoms with Crippen LogP contribution in [0, 0.1) is 11.6 Å². The van der Waals surface area contributed by atoms with Crippen LogP contribution in [0.2, 0.25) is 0 Å². The Hall–Kier alpha value is -1.35. The number of benzene rings is 2. The quantitative estimate of drug-likeness (QED) is 0.694. The molecule has 2 aromatic rings. The molecule has 0 unspecified atom stereocenters. The molecule has 0 heterocycles. The summed E-state index contributed by atoms with van der Waals surface area (Å²) in [5.74, 6) is -0.733. The van der Waals surface area contributed by atoms with E-state index in [1.54, 1.807) is 24.3 Å². The topological polar surface area (TPSA) is 0 Å². The molecule has 0 aliphatic heterocycles. The largest absolute Gasteiger partial charge is 0.207 e. The summed E-state index contributed by atoms with van der Waals surface area (Å²) in [4.78, 5) is 0.287. The molecule has 0 nitrogen and oxygen atoms in total. The Labute approximate surface area is 92.0 Å². The zero-order valence-electron chi connectivity index (χ0n) is 7.74. The summed E-state index contributed by atoms with van der Waals surface area (Å²) in [5.41, 5.74) is 1.30. The second-order valence-electron chi connectivity index (χ2n) is 3.18. The standard InChI is InChI=1S/C12H8F2S/c13-10-3-1-2-8(6-10)9-4-5-12(15)11(14)7-9/h1-7,15H. The van der Waals surface area contributed by atoms with Gasteiger partial charge in [0.25, 0.3) is 0 Å². The van der Waals surface area contributed by atoms with E-state index in [4.69, 9.17) is 0 Å². The summed E-state index contributed by atoms with van der Waals surface area (Å²) in [6, 6.07) is 10.7. The Bertz CT molecular complexity index is 495. The van der Waals surface area contributed by atoms with E-state index in [1.165, 1.54) is 18.2 Å². The van der Waals surface area contributed by atoms with Gasteiger partial charge >= 0.3 is 0 Å². The molecule has 76 valence electrons. The summed E-state index contributed by atoms with van der Waals surface area (Å²) < 4.78 is 26.1. The second kappa shape index (κ2) is 4.03. The molecule has 0 aliphatic carbocycles. The van der Waals surface area contributed by atoms with E-state index in [0.717, 1.165) is 0 Å². The van der Waals surface area contributed by atoms with E-state index in [9.17, 15) is 8.78 Å². The first-order chi connectivity index (χ1) is 7.16. The van der Waals surface area contributed by atoms with Gasteiger partial charge in [0, 0.05) is 4.90 Å². The Morgan fingerprint density at radius 3 is 2.27 bits per heavy atom. The van der Waals surface area contributed by atoms with E-state index in [0.29, 0.717) is 11.1 Å². The number of thiol groups is 1. The van der Waals surface area contributed by atoms with Crippen LogP contribution >= 0.6 is 12.6 Å². The van der Waals surface area contributed by atoms with E-state index in [1.807, 2.05) is 0 Å². The molecule has 0 amide bonds. The van der Waals surface area contributed by atoms with Crippen molar-refractivity contribution in [2.45, 2.75) is 4.90 Å². The minimum absolute atomic E-state index is 0.287. The predicted octanol–water partition coefficient (Wildman–Crippen LogP) is 3.92. The zero-order valence-corrected chi connectivity index (χ0v) is 8.64. The fraction of sp³-hybridized carbons (Fsp3) is 0. The molecule has 2 aromatic carbocycles. The molecule has 15 heavy (non-hydrogen) atoms. The molecule has 2 rings (SSSR count). The monoisotopic (exact) mass is 222 g/mol. The van der Waals surface area contributed by atoms with Crippen LogP contribution in [0.3, 0.4) is 0 Å². The van der Waals surface area contributed by atoms with Crippen LogP contribution < -0.4 is 0 Å². The van der Waals surface area contributed by atoms with Crippen LogP contribution in [0.15, 0.2) is 47.4 Å². The van der Waals surface area contributed by atoms with Crippen molar-refractivity contribution in [3.05, 3.63) is 54.1 Å². The van der Waals surface area contributed by atoms with E-state index in [2.05, 4.69) is 12.6 Å². The molecule has 0 bridgehead atoms. The Balaban J connectivity index is 2.50. The fourth-order valence-electron chi connectivity index (χ4n) is 1.35. The van der Waals surface area contributed by atoms with Crippen LogP contribution in [-0.2, 0) is 0 Å². The molecule has 0 aromatic heterocycles. The lowest BCUT2D eigenvalue weighted by Crippen LogP contribution is -1.83. The summed E-state index contributed by atoms with van der Waals surface area (Å²) in [7, 11) is 0. The van der Waals surface area contributed by atoms with Crippen molar-refractivity contribution in [3.63, 3.8) is 0 Å². The first-order valence-electron chi connectivity index (χ1n) is 4.41. The van der Waals surface area contributed by atoms with Gasteiger partial charge in [-0.1, -0.05) is 18.2 Å².